The highest BCUT2D eigenvalue weighted by Crippen LogP contribution is 2.35. The van der Waals surface area contributed by atoms with E-state index in [2.05, 4.69) is 5.32 Å². The van der Waals surface area contributed by atoms with Crippen LogP contribution in [-0.4, -0.2) is 17.9 Å². The summed E-state index contributed by atoms with van der Waals surface area (Å²) in [6, 6.07) is 6.85. The van der Waals surface area contributed by atoms with Crippen LogP contribution in [0.25, 0.3) is 0 Å². The van der Waals surface area contributed by atoms with Gasteiger partial charge in [-0.05, 0) is 31.4 Å². The molecule has 2 aliphatic rings. The highest BCUT2D eigenvalue weighted by Gasteiger charge is 2.42. The second-order valence-corrected chi connectivity index (χ2v) is 4.76. The zero-order chi connectivity index (χ0) is 11.1. The fraction of sp³-hybridized carbons (Fsp3) is 0.462. The molecule has 0 amide bonds. The van der Waals surface area contributed by atoms with Crippen LogP contribution in [0.15, 0.2) is 24.3 Å². The Morgan fingerprint density at radius 2 is 2.25 bits per heavy atom. The van der Waals surface area contributed by atoms with Crippen molar-refractivity contribution < 1.29 is 9.18 Å². The Labute approximate surface area is 93.9 Å². The van der Waals surface area contributed by atoms with E-state index in [1.807, 2.05) is 0 Å². The summed E-state index contributed by atoms with van der Waals surface area (Å²) in [5, 5.41) is 3.43. The number of halogens is 1. The average Bonchev–Trinajstić information content (AvgIpc) is 2.89. The molecular formula is C13H14FNO. The van der Waals surface area contributed by atoms with Gasteiger partial charge in [0.25, 0.3) is 0 Å². The normalized spacial score (nSPS) is 31.9. The lowest BCUT2D eigenvalue weighted by Crippen LogP contribution is -2.28. The summed E-state index contributed by atoms with van der Waals surface area (Å²) in [4.78, 5) is 12.2. The first-order valence-corrected chi connectivity index (χ1v) is 5.80. The summed E-state index contributed by atoms with van der Waals surface area (Å²) in [6.45, 7) is 0. The number of carbonyl (C=O) groups excluding carboxylic acids is 1. The van der Waals surface area contributed by atoms with E-state index in [0.29, 0.717) is 17.6 Å². The van der Waals surface area contributed by atoms with Gasteiger partial charge in [-0.3, -0.25) is 4.79 Å². The molecule has 2 heterocycles. The molecule has 2 bridgehead atoms. The number of benzene rings is 1. The monoisotopic (exact) mass is 219 g/mol. The first-order valence-electron chi connectivity index (χ1n) is 5.80. The third-order valence-electron chi connectivity index (χ3n) is 3.75. The van der Waals surface area contributed by atoms with Crippen molar-refractivity contribution in [3.8, 4) is 0 Å². The molecule has 1 aromatic rings. The van der Waals surface area contributed by atoms with Crippen molar-refractivity contribution in [1.82, 2.24) is 5.32 Å². The molecule has 0 saturated carbocycles. The Balaban J connectivity index is 1.83. The summed E-state index contributed by atoms with van der Waals surface area (Å²) in [5.74, 6) is -0.179. The van der Waals surface area contributed by atoms with Gasteiger partial charge in [-0.15, -0.1) is 0 Å². The summed E-state index contributed by atoms with van der Waals surface area (Å²) in [5.41, 5.74) is 0.513. The van der Waals surface area contributed by atoms with E-state index in [1.54, 1.807) is 12.1 Å². The van der Waals surface area contributed by atoms with Gasteiger partial charge in [0.1, 0.15) is 5.82 Å². The summed E-state index contributed by atoms with van der Waals surface area (Å²) in [7, 11) is 0. The largest absolute Gasteiger partial charge is 0.310 e. The van der Waals surface area contributed by atoms with Crippen LogP contribution in [0.3, 0.4) is 0 Å². The van der Waals surface area contributed by atoms with Gasteiger partial charge in [-0.1, -0.05) is 12.1 Å². The molecule has 2 nitrogen and oxygen atoms in total. The van der Waals surface area contributed by atoms with Crippen LogP contribution in [0, 0.1) is 11.7 Å². The molecule has 16 heavy (non-hydrogen) atoms. The van der Waals surface area contributed by atoms with Crippen LogP contribution in [0.2, 0.25) is 0 Å². The van der Waals surface area contributed by atoms with Crippen molar-refractivity contribution in [2.45, 2.75) is 31.3 Å². The molecule has 3 atom stereocenters. The Hall–Kier alpha value is -1.22. The Morgan fingerprint density at radius 1 is 1.38 bits per heavy atom. The molecule has 0 aromatic heterocycles. The third kappa shape index (κ3) is 1.55. The van der Waals surface area contributed by atoms with Crippen molar-refractivity contribution in [3.05, 3.63) is 35.6 Å². The minimum atomic E-state index is -0.332. The molecule has 0 spiro atoms. The van der Waals surface area contributed by atoms with Crippen LogP contribution in [0.1, 0.15) is 29.6 Å². The number of fused-ring (bicyclic) bond motifs is 2. The second-order valence-electron chi connectivity index (χ2n) is 4.76. The average molecular weight is 219 g/mol. The van der Waals surface area contributed by atoms with E-state index < -0.39 is 0 Å². The first kappa shape index (κ1) is 9.97. The first-order chi connectivity index (χ1) is 7.74. The lowest BCUT2D eigenvalue weighted by atomic mass is 9.84. The van der Waals surface area contributed by atoms with E-state index >= 15 is 0 Å². The van der Waals surface area contributed by atoms with E-state index in [9.17, 15) is 9.18 Å². The Morgan fingerprint density at radius 3 is 2.88 bits per heavy atom. The highest BCUT2D eigenvalue weighted by molar-refractivity contribution is 5.98. The van der Waals surface area contributed by atoms with Gasteiger partial charge < -0.3 is 5.32 Å². The number of Topliss-reactive ketones (excluding diaryl/α,β-unsaturated/α-hetero) is 1. The lowest BCUT2D eigenvalue weighted by Gasteiger charge is -2.18. The smallest absolute Gasteiger partial charge is 0.167 e. The van der Waals surface area contributed by atoms with E-state index in [1.165, 1.54) is 18.6 Å². The summed E-state index contributed by atoms with van der Waals surface area (Å²) >= 11 is 0. The van der Waals surface area contributed by atoms with Gasteiger partial charge in [0.05, 0.1) is 0 Å². The van der Waals surface area contributed by atoms with Crippen molar-refractivity contribution in [1.29, 1.82) is 0 Å². The third-order valence-corrected chi connectivity index (χ3v) is 3.75. The van der Waals surface area contributed by atoms with Gasteiger partial charge >= 0.3 is 0 Å². The fourth-order valence-corrected chi connectivity index (χ4v) is 2.97. The van der Waals surface area contributed by atoms with Crippen molar-refractivity contribution >= 4 is 5.78 Å². The predicted octanol–water partition coefficient (Wildman–Crippen LogP) is 2.15. The molecule has 0 aliphatic carbocycles. The molecule has 2 saturated heterocycles. The van der Waals surface area contributed by atoms with Crippen LogP contribution in [-0.2, 0) is 0 Å². The predicted molar refractivity (Wildman–Crippen MR) is 58.8 cm³/mol. The fourth-order valence-electron chi connectivity index (χ4n) is 2.97. The number of carbonyl (C=O) groups is 1. The molecule has 2 fully saturated rings. The van der Waals surface area contributed by atoms with Gasteiger partial charge in [-0.2, -0.15) is 0 Å². The number of rotatable bonds is 2. The van der Waals surface area contributed by atoms with Crippen molar-refractivity contribution in [2.24, 2.45) is 5.92 Å². The number of hydrogen-bond donors (Lipinski definition) is 1. The molecular weight excluding hydrogens is 205 g/mol. The highest BCUT2D eigenvalue weighted by atomic mass is 19.1. The molecule has 0 radical (unpaired) electrons. The van der Waals surface area contributed by atoms with E-state index in [4.69, 9.17) is 0 Å². The summed E-state index contributed by atoms with van der Waals surface area (Å²) < 4.78 is 13.0. The number of ketones is 1. The maximum atomic E-state index is 13.0. The van der Waals surface area contributed by atoms with E-state index in [0.717, 1.165) is 12.8 Å². The summed E-state index contributed by atoms with van der Waals surface area (Å²) in [6.07, 6.45) is 3.17. The quantitative estimate of drug-likeness (QED) is 0.772. The zero-order valence-corrected chi connectivity index (χ0v) is 8.95. The molecule has 84 valence electrons. The Kier molecular flexibility index (Phi) is 2.28. The lowest BCUT2D eigenvalue weighted by molar-refractivity contribution is 0.0900. The zero-order valence-electron chi connectivity index (χ0n) is 8.95. The Bertz CT molecular complexity index is 432. The van der Waals surface area contributed by atoms with Gasteiger partial charge in [0.2, 0.25) is 0 Å². The maximum Gasteiger partial charge on any atom is 0.167 e. The standard InChI is InChI=1S/C13H14FNO/c14-9-3-1-2-8(6-9)13(16)11-7-10-4-5-12(11)15-10/h1-3,6,10-12,15H,4-5,7H2. The van der Waals surface area contributed by atoms with Crippen LogP contribution in [0.4, 0.5) is 4.39 Å². The molecule has 1 aromatic carbocycles. The molecule has 3 unspecified atom stereocenters. The molecule has 1 N–H and O–H groups in total. The van der Waals surface area contributed by atoms with E-state index in [-0.39, 0.29) is 17.5 Å². The number of hydrogen-bond acceptors (Lipinski definition) is 2. The van der Waals surface area contributed by atoms with Gasteiger partial charge in [0, 0.05) is 23.6 Å². The SMILES string of the molecule is O=C(c1cccc(F)c1)C1CC2CCC1N2. The van der Waals surface area contributed by atoms with Gasteiger partial charge in [-0.25, -0.2) is 4.39 Å². The minimum absolute atomic E-state index is 0.0561. The van der Waals surface area contributed by atoms with Crippen LogP contribution < -0.4 is 5.32 Å². The topological polar surface area (TPSA) is 29.1 Å². The van der Waals surface area contributed by atoms with Crippen LogP contribution >= 0.6 is 0 Å². The minimum Gasteiger partial charge on any atom is -0.310 e. The van der Waals surface area contributed by atoms with Gasteiger partial charge in [0.15, 0.2) is 5.78 Å². The molecule has 3 heteroatoms. The second kappa shape index (κ2) is 3.67. The number of nitrogens with one attached hydrogen (secondary N) is 1. The van der Waals surface area contributed by atoms with Crippen LogP contribution in [0.5, 0.6) is 0 Å². The molecule has 3 rings (SSSR count). The maximum absolute atomic E-state index is 13.0. The molecule has 2 aliphatic heterocycles. The van der Waals surface area contributed by atoms with Crippen molar-refractivity contribution in [3.63, 3.8) is 0 Å². The van der Waals surface area contributed by atoms with Crippen molar-refractivity contribution in [2.75, 3.05) is 0 Å².